The molecule has 1 aliphatic rings. The highest BCUT2D eigenvalue weighted by Gasteiger charge is 2.17. The van der Waals surface area contributed by atoms with Crippen molar-refractivity contribution in [1.82, 2.24) is 5.32 Å². The van der Waals surface area contributed by atoms with E-state index < -0.39 is 0 Å². The molecule has 0 unspecified atom stereocenters. The first-order chi connectivity index (χ1) is 9.56. The summed E-state index contributed by atoms with van der Waals surface area (Å²) in [4.78, 5) is 23.1. The molecule has 0 aromatic heterocycles. The average molecular weight is 276 g/mol. The summed E-state index contributed by atoms with van der Waals surface area (Å²) < 4.78 is 5.29. The third-order valence-electron chi connectivity index (χ3n) is 3.12. The van der Waals surface area contributed by atoms with E-state index in [9.17, 15) is 9.59 Å². The predicted molar refractivity (Wildman–Crippen MR) is 77.0 cm³/mol. The van der Waals surface area contributed by atoms with E-state index in [4.69, 9.17) is 4.74 Å². The Kier molecular flexibility index (Phi) is 4.61. The SMILES string of the molecule is CC(C)CCCNC(=O)c1ccc2c(c1)OCC(=O)N2. The van der Waals surface area contributed by atoms with Crippen molar-refractivity contribution < 1.29 is 14.3 Å². The molecule has 0 aliphatic carbocycles. The molecule has 1 aromatic rings. The van der Waals surface area contributed by atoms with Crippen LogP contribution in [-0.2, 0) is 4.79 Å². The van der Waals surface area contributed by atoms with Crippen molar-refractivity contribution in [3.63, 3.8) is 0 Å². The fraction of sp³-hybridized carbons (Fsp3) is 0.467. The summed E-state index contributed by atoms with van der Waals surface area (Å²) in [6.45, 7) is 4.99. The first kappa shape index (κ1) is 14.4. The number of fused-ring (bicyclic) bond motifs is 1. The van der Waals surface area contributed by atoms with Gasteiger partial charge in [0.1, 0.15) is 5.75 Å². The summed E-state index contributed by atoms with van der Waals surface area (Å²) in [6.07, 6.45) is 2.07. The number of rotatable bonds is 5. The zero-order valence-corrected chi connectivity index (χ0v) is 11.9. The summed E-state index contributed by atoms with van der Waals surface area (Å²) in [5, 5.41) is 5.58. The van der Waals surface area contributed by atoms with Crippen molar-refractivity contribution in [2.24, 2.45) is 5.92 Å². The lowest BCUT2D eigenvalue weighted by Crippen LogP contribution is -2.27. The lowest BCUT2D eigenvalue weighted by molar-refractivity contribution is -0.118. The van der Waals surface area contributed by atoms with Gasteiger partial charge < -0.3 is 15.4 Å². The van der Waals surface area contributed by atoms with Gasteiger partial charge in [-0.25, -0.2) is 0 Å². The molecule has 0 radical (unpaired) electrons. The van der Waals surface area contributed by atoms with E-state index in [1.807, 2.05) is 0 Å². The van der Waals surface area contributed by atoms with Crippen molar-refractivity contribution in [1.29, 1.82) is 0 Å². The average Bonchev–Trinajstić information content (AvgIpc) is 2.42. The quantitative estimate of drug-likeness (QED) is 0.810. The highest BCUT2D eigenvalue weighted by molar-refractivity contribution is 5.98. The molecule has 0 spiro atoms. The lowest BCUT2D eigenvalue weighted by Gasteiger charge is -2.18. The minimum atomic E-state index is -0.177. The Balaban J connectivity index is 1.92. The van der Waals surface area contributed by atoms with Crippen LogP contribution in [0.15, 0.2) is 18.2 Å². The van der Waals surface area contributed by atoms with Gasteiger partial charge in [0.2, 0.25) is 0 Å². The van der Waals surface area contributed by atoms with Crippen molar-refractivity contribution in [2.75, 3.05) is 18.5 Å². The summed E-state index contributed by atoms with van der Waals surface area (Å²) in [6, 6.07) is 5.04. The number of nitrogens with one attached hydrogen (secondary N) is 2. The largest absolute Gasteiger partial charge is 0.482 e. The lowest BCUT2D eigenvalue weighted by atomic mass is 10.1. The van der Waals surface area contributed by atoms with Crippen LogP contribution in [0, 0.1) is 5.92 Å². The van der Waals surface area contributed by atoms with Gasteiger partial charge in [-0.2, -0.15) is 0 Å². The molecule has 1 aliphatic heterocycles. The molecule has 5 heteroatoms. The van der Waals surface area contributed by atoms with Gasteiger partial charge >= 0.3 is 0 Å². The predicted octanol–water partition coefficient (Wildman–Crippen LogP) is 2.18. The maximum atomic E-state index is 12.0. The van der Waals surface area contributed by atoms with Gasteiger partial charge in [-0.15, -0.1) is 0 Å². The molecular formula is C15H20N2O3. The highest BCUT2D eigenvalue weighted by Crippen LogP contribution is 2.28. The van der Waals surface area contributed by atoms with Gasteiger partial charge in [-0.1, -0.05) is 13.8 Å². The molecule has 0 bridgehead atoms. The number of benzene rings is 1. The van der Waals surface area contributed by atoms with Crippen LogP contribution in [0.25, 0.3) is 0 Å². The van der Waals surface area contributed by atoms with Crippen LogP contribution in [0.1, 0.15) is 37.0 Å². The second-order valence-electron chi connectivity index (χ2n) is 5.34. The van der Waals surface area contributed by atoms with Gasteiger partial charge in [0.05, 0.1) is 5.69 Å². The van der Waals surface area contributed by atoms with Crippen LogP contribution < -0.4 is 15.4 Å². The highest BCUT2D eigenvalue weighted by atomic mass is 16.5. The third kappa shape index (κ3) is 3.73. The van der Waals surface area contributed by atoms with E-state index in [2.05, 4.69) is 24.5 Å². The molecule has 1 heterocycles. The Labute approximate surface area is 118 Å². The van der Waals surface area contributed by atoms with Crippen LogP contribution in [0.4, 0.5) is 5.69 Å². The van der Waals surface area contributed by atoms with Crippen LogP contribution >= 0.6 is 0 Å². The number of ether oxygens (including phenoxy) is 1. The smallest absolute Gasteiger partial charge is 0.262 e. The fourth-order valence-electron chi connectivity index (χ4n) is 2.03. The van der Waals surface area contributed by atoms with Crippen LogP contribution in [0.3, 0.4) is 0 Å². The molecule has 0 atom stereocenters. The molecule has 2 N–H and O–H groups in total. The summed E-state index contributed by atoms with van der Waals surface area (Å²) >= 11 is 0. The van der Waals surface area contributed by atoms with E-state index in [1.165, 1.54) is 0 Å². The molecule has 0 fully saturated rings. The van der Waals surface area contributed by atoms with Gasteiger partial charge in [0.15, 0.2) is 6.61 Å². The van der Waals surface area contributed by atoms with Crippen molar-refractivity contribution >= 4 is 17.5 Å². The molecule has 0 saturated heterocycles. The topological polar surface area (TPSA) is 67.4 Å². The third-order valence-corrected chi connectivity index (χ3v) is 3.12. The number of carbonyl (C=O) groups excluding carboxylic acids is 2. The van der Waals surface area contributed by atoms with E-state index >= 15 is 0 Å². The molecule has 20 heavy (non-hydrogen) atoms. The van der Waals surface area contributed by atoms with Crippen LogP contribution in [0.5, 0.6) is 5.75 Å². The van der Waals surface area contributed by atoms with Crippen molar-refractivity contribution in [3.05, 3.63) is 23.8 Å². The number of anilines is 1. The normalized spacial score (nSPS) is 13.4. The standard InChI is InChI=1S/C15H20N2O3/c1-10(2)4-3-7-16-15(19)11-5-6-12-13(8-11)20-9-14(18)17-12/h5-6,8,10H,3-4,7,9H2,1-2H3,(H,16,19)(H,17,18). The Morgan fingerprint density at radius 2 is 2.25 bits per heavy atom. The van der Waals surface area contributed by atoms with E-state index in [0.717, 1.165) is 12.8 Å². The molecule has 2 rings (SSSR count). The Bertz CT molecular complexity index is 512. The molecule has 108 valence electrons. The van der Waals surface area contributed by atoms with Gasteiger partial charge in [0, 0.05) is 12.1 Å². The van der Waals surface area contributed by atoms with E-state index in [1.54, 1.807) is 18.2 Å². The molecule has 0 saturated carbocycles. The maximum absolute atomic E-state index is 12.0. The number of hydrogen-bond acceptors (Lipinski definition) is 3. The summed E-state index contributed by atoms with van der Waals surface area (Å²) in [7, 11) is 0. The van der Waals surface area contributed by atoms with E-state index in [-0.39, 0.29) is 18.4 Å². The summed E-state index contributed by atoms with van der Waals surface area (Å²) in [5.41, 5.74) is 1.15. The number of carbonyl (C=O) groups is 2. The fourth-order valence-corrected chi connectivity index (χ4v) is 2.03. The minimum Gasteiger partial charge on any atom is -0.482 e. The maximum Gasteiger partial charge on any atom is 0.262 e. The van der Waals surface area contributed by atoms with Gasteiger partial charge in [0.25, 0.3) is 11.8 Å². The van der Waals surface area contributed by atoms with Crippen LogP contribution in [-0.4, -0.2) is 25.0 Å². The molecule has 2 amide bonds. The van der Waals surface area contributed by atoms with Gasteiger partial charge in [-0.05, 0) is 37.0 Å². The first-order valence-corrected chi connectivity index (χ1v) is 6.91. The number of amides is 2. The zero-order chi connectivity index (χ0) is 14.5. The minimum absolute atomic E-state index is 0.00748. The van der Waals surface area contributed by atoms with E-state index in [0.29, 0.717) is 29.5 Å². The molecule has 5 nitrogen and oxygen atoms in total. The summed E-state index contributed by atoms with van der Waals surface area (Å²) in [5.74, 6) is 0.896. The molecule has 1 aromatic carbocycles. The van der Waals surface area contributed by atoms with Crippen molar-refractivity contribution in [3.8, 4) is 5.75 Å². The monoisotopic (exact) mass is 276 g/mol. The van der Waals surface area contributed by atoms with Crippen molar-refractivity contribution in [2.45, 2.75) is 26.7 Å². The second kappa shape index (κ2) is 6.41. The van der Waals surface area contributed by atoms with Gasteiger partial charge in [-0.3, -0.25) is 9.59 Å². The zero-order valence-electron chi connectivity index (χ0n) is 11.9. The Morgan fingerprint density at radius 3 is 3.00 bits per heavy atom. The Morgan fingerprint density at radius 1 is 1.45 bits per heavy atom. The van der Waals surface area contributed by atoms with Crippen LogP contribution in [0.2, 0.25) is 0 Å². The first-order valence-electron chi connectivity index (χ1n) is 6.91. The second-order valence-corrected chi connectivity index (χ2v) is 5.34. The Hall–Kier alpha value is -2.04. The molecular weight excluding hydrogens is 256 g/mol. The number of hydrogen-bond donors (Lipinski definition) is 2.